The largest absolute Gasteiger partial charge is 0.339 e. The molecule has 0 aliphatic carbocycles. The summed E-state index contributed by atoms with van der Waals surface area (Å²) >= 11 is 0. The van der Waals surface area contributed by atoms with Gasteiger partial charge in [-0.1, -0.05) is 12.1 Å². The van der Waals surface area contributed by atoms with Crippen molar-refractivity contribution in [2.75, 3.05) is 31.1 Å². The van der Waals surface area contributed by atoms with E-state index in [1.54, 1.807) is 17.0 Å². The number of halogens is 1. The highest BCUT2D eigenvalue weighted by Crippen LogP contribution is 2.16. The fraction of sp³-hybridized carbons (Fsp3) is 0.312. The number of carbonyl (C=O) groups excluding carboxylic acids is 1. The van der Waals surface area contributed by atoms with Gasteiger partial charge in [-0.15, -0.1) is 0 Å². The number of nitrogens with zero attached hydrogens (tertiary/aromatic N) is 5. The van der Waals surface area contributed by atoms with Gasteiger partial charge in [0.05, 0.1) is 10.5 Å². The third kappa shape index (κ3) is 3.70. The van der Waals surface area contributed by atoms with Crippen LogP contribution >= 0.6 is 0 Å². The Morgan fingerprint density at radius 3 is 2.52 bits per heavy atom. The van der Waals surface area contributed by atoms with Gasteiger partial charge in [0.2, 0.25) is 5.95 Å². The van der Waals surface area contributed by atoms with Crippen LogP contribution in [0.3, 0.4) is 0 Å². The summed E-state index contributed by atoms with van der Waals surface area (Å²) in [5.41, 5.74) is -0.113. The monoisotopic (exact) mass is 345 g/mol. The standard InChI is InChI=1S/C16H16FN5O3/c17-14-5-2-1-4-13(14)15(23)20-6-3-7-21(9-8-20)16-18-10-12(11-19-16)22(24)25/h1-2,4-5,10-11H,3,6-9H2. The first-order valence-corrected chi connectivity index (χ1v) is 7.81. The summed E-state index contributed by atoms with van der Waals surface area (Å²) < 4.78 is 13.8. The van der Waals surface area contributed by atoms with Crippen LogP contribution in [-0.2, 0) is 0 Å². The van der Waals surface area contributed by atoms with Gasteiger partial charge >= 0.3 is 5.69 Å². The number of carbonyl (C=O) groups is 1. The van der Waals surface area contributed by atoms with Gasteiger partial charge in [-0.2, -0.15) is 0 Å². The van der Waals surface area contributed by atoms with Crippen molar-refractivity contribution in [1.29, 1.82) is 0 Å². The summed E-state index contributed by atoms with van der Waals surface area (Å²) in [6.07, 6.45) is 2.99. The smallest absolute Gasteiger partial charge is 0.305 e. The molecule has 0 bridgehead atoms. The second-order valence-electron chi connectivity index (χ2n) is 5.61. The first kappa shape index (κ1) is 16.7. The molecule has 0 N–H and O–H groups in total. The minimum atomic E-state index is -0.555. The van der Waals surface area contributed by atoms with Crippen LogP contribution < -0.4 is 4.90 Å². The predicted octanol–water partition coefficient (Wildman–Crippen LogP) is 1.88. The van der Waals surface area contributed by atoms with E-state index in [0.29, 0.717) is 38.5 Å². The van der Waals surface area contributed by atoms with Gasteiger partial charge in [-0.25, -0.2) is 14.4 Å². The average molecular weight is 345 g/mol. The third-order valence-corrected chi connectivity index (χ3v) is 4.01. The third-order valence-electron chi connectivity index (χ3n) is 4.01. The highest BCUT2D eigenvalue weighted by Gasteiger charge is 2.23. The van der Waals surface area contributed by atoms with Gasteiger partial charge in [0.15, 0.2) is 0 Å². The van der Waals surface area contributed by atoms with Crippen LogP contribution in [0, 0.1) is 15.9 Å². The second kappa shape index (κ2) is 7.20. The van der Waals surface area contributed by atoms with E-state index in [1.807, 2.05) is 4.90 Å². The molecule has 8 nitrogen and oxygen atoms in total. The number of benzene rings is 1. The number of aromatic nitrogens is 2. The van der Waals surface area contributed by atoms with Crippen LogP contribution in [0.25, 0.3) is 0 Å². The molecule has 0 spiro atoms. The van der Waals surface area contributed by atoms with E-state index in [-0.39, 0.29) is 17.2 Å². The maximum Gasteiger partial charge on any atom is 0.305 e. The molecule has 0 atom stereocenters. The van der Waals surface area contributed by atoms with Gasteiger partial charge in [-0.3, -0.25) is 14.9 Å². The zero-order chi connectivity index (χ0) is 17.8. The van der Waals surface area contributed by atoms with Crippen molar-refractivity contribution in [3.63, 3.8) is 0 Å². The van der Waals surface area contributed by atoms with Crippen molar-refractivity contribution in [1.82, 2.24) is 14.9 Å². The van der Waals surface area contributed by atoms with Gasteiger partial charge in [0.1, 0.15) is 18.2 Å². The average Bonchev–Trinajstić information content (AvgIpc) is 2.88. The lowest BCUT2D eigenvalue weighted by molar-refractivity contribution is -0.385. The Balaban J connectivity index is 1.69. The summed E-state index contributed by atoms with van der Waals surface area (Å²) in [6.45, 7) is 1.97. The van der Waals surface area contributed by atoms with Crippen LogP contribution in [0.4, 0.5) is 16.0 Å². The molecule has 25 heavy (non-hydrogen) atoms. The Hall–Kier alpha value is -3.10. The molecular weight excluding hydrogens is 329 g/mol. The SMILES string of the molecule is O=C(c1ccccc1F)N1CCCN(c2ncc([N+](=O)[O-])cn2)CC1. The van der Waals surface area contributed by atoms with E-state index < -0.39 is 10.7 Å². The summed E-state index contributed by atoms with van der Waals surface area (Å²) in [5.74, 6) is -0.498. The van der Waals surface area contributed by atoms with Crippen molar-refractivity contribution in [3.05, 3.63) is 58.2 Å². The normalized spacial score (nSPS) is 14.9. The van der Waals surface area contributed by atoms with E-state index >= 15 is 0 Å². The van der Waals surface area contributed by atoms with Gasteiger partial charge < -0.3 is 9.80 Å². The molecule has 1 aromatic heterocycles. The van der Waals surface area contributed by atoms with E-state index in [2.05, 4.69) is 9.97 Å². The lowest BCUT2D eigenvalue weighted by Crippen LogP contribution is -2.36. The highest BCUT2D eigenvalue weighted by molar-refractivity contribution is 5.94. The summed E-state index contributed by atoms with van der Waals surface area (Å²) in [7, 11) is 0. The molecule has 2 aromatic rings. The topological polar surface area (TPSA) is 92.5 Å². The Kier molecular flexibility index (Phi) is 4.82. The van der Waals surface area contributed by atoms with Crippen molar-refractivity contribution in [2.24, 2.45) is 0 Å². The zero-order valence-corrected chi connectivity index (χ0v) is 13.3. The molecule has 1 aliphatic rings. The fourth-order valence-corrected chi connectivity index (χ4v) is 2.70. The second-order valence-corrected chi connectivity index (χ2v) is 5.61. The first-order valence-electron chi connectivity index (χ1n) is 7.81. The Morgan fingerprint density at radius 2 is 1.84 bits per heavy atom. The molecule has 0 unspecified atom stereocenters. The summed E-state index contributed by atoms with van der Waals surface area (Å²) in [6, 6.07) is 5.91. The van der Waals surface area contributed by atoms with Crippen molar-refractivity contribution >= 4 is 17.5 Å². The molecule has 1 saturated heterocycles. The number of hydrogen-bond acceptors (Lipinski definition) is 6. The Labute approximate surface area is 143 Å². The quantitative estimate of drug-likeness (QED) is 0.623. The number of anilines is 1. The molecular formula is C16H16FN5O3. The molecule has 3 rings (SSSR count). The van der Waals surface area contributed by atoms with E-state index in [4.69, 9.17) is 0 Å². The summed E-state index contributed by atoms with van der Waals surface area (Å²) in [4.78, 5) is 34.1. The molecule has 1 amide bonds. The van der Waals surface area contributed by atoms with E-state index in [9.17, 15) is 19.3 Å². The highest BCUT2D eigenvalue weighted by atomic mass is 19.1. The van der Waals surface area contributed by atoms with Crippen LogP contribution in [0.2, 0.25) is 0 Å². The van der Waals surface area contributed by atoms with Crippen molar-refractivity contribution < 1.29 is 14.1 Å². The lowest BCUT2D eigenvalue weighted by atomic mass is 10.2. The van der Waals surface area contributed by atoms with Crippen LogP contribution in [0.5, 0.6) is 0 Å². The van der Waals surface area contributed by atoms with Crippen molar-refractivity contribution in [2.45, 2.75) is 6.42 Å². The van der Waals surface area contributed by atoms with Crippen molar-refractivity contribution in [3.8, 4) is 0 Å². The van der Waals surface area contributed by atoms with Crippen LogP contribution in [-0.4, -0.2) is 51.9 Å². The molecule has 0 saturated carbocycles. The molecule has 2 heterocycles. The number of nitro groups is 1. The number of rotatable bonds is 3. The van der Waals surface area contributed by atoms with Gasteiger partial charge in [-0.05, 0) is 18.6 Å². The molecule has 9 heteroatoms. The minimum absolute atomic E-state index is 0.0579. The minimum Gasteiger partial charge on any atom is -0.339 e. The number of amides is 1. The zero-order valence-electron chi connectivity index (χ0n) is 13.3. The summed E-state index contributed by atoms with van der Waals surface area (Å²) in [5, 5.41) is 10.7. The predicted molar refractivity (Wildman–Crippen MR) is 87.8 cm³/mol. The molecule has 0 radical (unpaired) electrons. The molecule has 1 fully saturated rings. The Morgan fingerprint density at radius 1 is 1.12 bits per heavy atom. The van der Waals surface area contributed by atoms with Crippen LogP contribution in [0.15, 0.2) is 36.7 Å². The lowest BCUT2D eigenvalue weighted by Gasteiger charge is -2.22. The molecule has 1 aromatic carbocycles. The van der Waals surface area contributed by atoms with E-state index in [1.165, 1.54) is 12.1 Å². The molecule has 130 valence electrons. The van der Waals surface area contributed by atoms with Gasteiger partial charge in [0, 0.05) is 26.2 Å². The van der Waals surface area contributed by atoms with E-state index in [0.717, 1.165) is 12.4 Å². The first-order chi connectivity index (χ1) is 12.1. The van der Waals surface area contributed by atoms with Gasteiger partial charge in [0.25, 0.3) is 5.91 Å². The number of hydrogen-bond donors (Lipinski definition) is 0. The fourth-order valence-electron chi connectivity index (χ4n) is 2.70. The maximum absolute atomic E-state index is 13.8. The van der Waals surface area contributed by atoms with Crippen LogP contribution in [0.1, 0.15) is 16.8 Å². The Bertz CT molecular complexity index is 784. The maximum atomic E-state index is 13.8. The molecule has 1 aliphatic heterocycles.